The first-order valence-electron chi connectivity index (χ1n) is 7.49. The SMILES string of the molecule is CCCCC(CC)COC(=O)C(C#N)=CC(C)OCC. The molecule has 0 fully saturated rings. The van der Waals surface area contributed by atoms with Crippen molar-refractivity contribution in [2.24, 2.45) is 5.92 Å². The van der Waals surface area contributed by atoms with Crippen molar-refractivity contribution in [1.82, 2.24) is 0 Å². The Balaban J connectivity index is 4.38. The second-order valence-electron chi connectivity index (χ2n) is 4.87. The normalized spacial score (nSPS) is 14.4. The van der Waals surface area contributed by atoms with E-state index in [9.17, 15) is 4.79 Å². The Labute approximate surface area is 122 Å². The molecule has 0 radical (unpaired) electrons. The number of carbonyl (C=O) groups is 1. The Morgan fingerprint density at radius 1 is 1.35 bits per heavy atom. The maximum Gasteiger partial charge on any atom is 0.348 e. The van der Waals surface area contributed by atoms with Gasteiger partial charge in [-0.1, -0.05) is 33.1 Å². The van der Waals surface area contributed by atoms with E-state index in [0.29, 0.717) is 19.1 Å². The Hall–Kier alpha value is -1.34. The monoisotopic (exact) mass is 281 g/mol. The fourth-order valence-electron chi connectivity index (χ4n) is 1.87. The lowest BCUT2D eigenvalue weighted by Crippen LogP contribution is -2.16. The predicted octanol–water partition coefficient (Wildman–Crippen LogP) is 3.62. The van der Waals surface area contributed by atoms with Crippen molar-refractivity contribution in [3.63, 3.8) is 0 Å². The molecule has 0 saturated carbocycles. The van der Waals surface area contributed by atoms with Gasteiger partial charge >= 0.3 is 5.97 Å². The lowest BCUT2D eigenvalue weighted by Gasteiger charge is -2.14. The fraction of sp³-hybridized carbons (Fsp3) is 0.750. The van der Waals surface area contributed by atoms with E-state index >= 15 is 0 Å². The molecule has 0 saturated heterocycles. The minimum Gasteiger partial charge on any atom is -0.461 e. The van der Waals surface area contributed by atoms with Gasteiger partial charge in [0.05, 0.1) is 12.7 Å². The number of nitriles is 1. The summed E-state index contributed by atoms with van der Waals surface area (Å²) in [6.45, 7) is 8.83. The van der Waals surface area contributed by atoms with Crippen LogP contribution < -0.4 is 0 Å². The van der Waals surface area contributed by atoms with E-state index in [1.807, 2.05) is 13.0 Å². The Morgan fingerprint density at radius 2 is 2.05 bits per heavy atom. The zero-order valence-corrected chi connectivity index (χ0v) is 13.1. The summed E-state index contributed by atoms with van der Waals surface area (Å²) in [7, 11) is 0. The van der Waals surface area contributed by atoms with Gasteiger partial charge in [-0.05, 0) is 32.3 Å². The topological polar surface area (TPSA) is 59.3 Å². The molecule has 0 aliphatic carbocycles. The second kappa shape index (κ2) is 11.5. The lowest BCUT2D eigenvalue weighted by molar-refractivity contribution is -0.140. The number of carbonyl (C=O) groups excluding carboxylic acids is 1. The molecule has 0 spiro atoms. The van der Waals surface area contributed by atoms with Crippen LogP contribution in [-0.4, -0.2) is 25.3 Å². The highest BCUT2D eigenvalue weighted by molar-refractivity contribution is 5.92. The smallest absolute Gasteiger partial charge is 0.348 e. The molecule has 0 aromatic rings. The second-order valence-corrected chi connectivity index (χ2v) is 4.87. The number of esters is 1. The fourth-order valence-corrected chi connectivity index (χ4v) is 1.87. The average molecular weight is 281 g/mol. The van der Waals surface area contributed by atoms with E-state index in [2.05, 4.69) is 13.8 Å². The van der Waals surface area contributed by atoms with Crippen LogP contribution in [0.3, 0.4) is 0 Å². The van der Waals surface area contributed by atoms with E-state index < -0.39 is 5.97 Å². The van der Waals surface area contributed by atoms with Crippen LogP contribution in [0.25, 0.3) is 0 Å². The maximum atomic E-state index is 11.8. The zero-order valence-electron chi connectivity index (χ0n) is 13.1. The molecule has 0 bridgehead atoms. The van der Waals surface area contributed by atoms with Gasteiger partial charge in [-0.3, -0.25) is 0 Å². The number of unbranched alkanes of at least 4 members (excludes halogenated alkanes) is 1. The van der Waals surface area contributed by atoms with Gasteiger partial charge in [0.15, 0.2) is 0 Å². The number of hydrogen-bond donors (Lipinski definition) is 0. The summed E-state index contributed by atoms with van der Waals surface area (Å²) in [5, 5.41) is 9.00. The minimum absolute atomic E-state index is 0.0243. The Bertz CT molecular complexity index is 344. The van der Waals surface area contributed by atoms with Crippen molar-refractivity contribution in [2.75, 3.05) is 13.2 Å². The third kappa shape index (κ3) is 7.96. The minimum atomic E-state index is -0.547. The van der Waals surface area contributed by atoms with Crippen LogP contribution in [0.5, 0.6) is 0 Å². The van der Waals surface area contributed by atoms with Gasteiger partial charge in [-0.2, -0.15) is 5.26 Å². The molecule has 0 aromatic carbocycles. The van der Waals surface area contributed by atoms with E-state index in [1.165, 1.54) is 6.08 Å². The highest BCUT2D eigenvalue weighted by Gasteiger charge is 2.15. The van der Waals surface area contributed by atoms with Crippen molar-refractivity contribution in [3.05, 3.63) is 11.6 Å². The highest BCUT2D eigenvalue weighted by atomic mass is 16.5. The summed E-state index contributed by atoms with van der Waals surface area (Å²) in [5.74, 6) is -0.169. The third-order valence-corrected chi connectivity index (χ3v) is 3.16. The third-order valence-electron chi connectivity index (χ3n) is 3.16. The van der Waals surface area contributed by atoms with Crippen LogP contribution in [0, 0.1) is 17.2 Å². The number of rotatable bonds is 10. The number of nitrogens with zero attached hydrogens (tertiary/aromatic N) is 1. The first-order valence-corrected chi connectivity index (χ1v) is 7.49. The van der Waals surface area contributed by atoms with Crippen LogP contribution in [0.1, 0.15) is 53.4 Å². The zero-order chi connectivity index (χ0) is 15.4. The summed E-state index contributed by atoms with van der Waals surface area (Å²) in [4.78, 5) is 11.8. The van der Waals surface area contributed by atoms with Crippen molar-refractivity contribution in [1.29, 1.82) is 5.26 Å². The average Bonchev–Trinajstić information content (AvgIpc) is 2.45. The Kier molecular flexibility index (Phi) is 10.7. The van der Waals surface area contributed by atoms with Gasteiger partial charge in [-0.25, -0.2) is 4.79 Å². The quantitative estimate of drug-likeness (QED) is 0.348. The Morgan fingerprint density at radius 3 is 2.55 bits per heavy atom. The molecule has 4 heteroatoms. The first-order chi connectivity index (χ1) is 9.58. The molecular formula is C16H27NO3. The number of hydrogen-bond acceptors (Lipinski definition) is 4. The van der Waals surface area contributed by atoms with Crippen LogP contribution in [-0.2, 0) is 14.3 Å². The molecule has 0 N–H and O–H groups in total. The standard InChI is InChI=1S/C16H27NO3/c1-5-8-9-14(6-2)12-20-16(18)15(11-17)10-13(4)19-7-3/h10,13-14H,5-9,12H2,1-4H3. The molecule has 20 heavy (non-hydrogen) atoms. The lowest BCUT2D eigenvalue weighted by atomic mass is 10.0. The van der Waals surface area contributed by atoms with E-state index in [-0.39, 0.29) is 11.7 Å². The van der Waals surface area contributed by atoms with E-state index in [0.717, 1.165) is 25.7 Å². The van der Waals surface area contributed by atoms with Crippen LogP contribution in [0.15, 0.2) is 11.6 Å². The van der Waals surface area contributed by atoms with Gasteiger partial charge in [0.1, 0.15) is 11.6 Å². The van der Waals surface area contributed by atoms with Crippen LogP contribution >= 0.6 is 0 Å². The number of ether oxygens (including phenoxy) is 2. The summed E-state index contributed by atoms with van der Waals surface area (Å²) >= 11 is 0. The van der Waals surface area contributed by atoms with Crippen molar-refractivity contribution in [3.8, 4) is 6.07 Å². The summed E-state index contributed by atoms with van der Waals surface area (Å²) in [6, 6.07) is 1.88. The van der Waals surface area contributed by atoms with Gasteiger partial charge in [0.2, 0.25) is 0 Å². The van der Waals surface area contributed by atoms with Crippen LogP contribution in [0.4, 0.5) is 0 Å². The summed E-state index contributed by atoms with van der Waals surface area (Å²) in [6.07, 6.45) is 5.57. The molecule has 0 amide bonds. The molecule has 0 aromatic heterocycles. The molecule has 0 rings (SSSR count). The molecular weight excluding hydrogens is 254 g/mol. The molecule has 114 valence electrons. The molecule has 4 nitrogen and oxygen atoms in total. The van der Waals surface area contributed by atoms with Gasteiger partial charge in [0.25, 0.3) is 0 Å². The maximum absolute atomic E-state index is 11.8. The summed E-state index contributed by atoms with van der Waals surface area (Å²) < 4.78 is 10.5. The highest BCUT2D eigenvalue weighted by Crippen LogP contribution is 2.14. The molecule has 2 unspecified atom stereocenters. The van der Waals surface area contributed by atoms with E-state index in [4.69, 9.17) is 14.7 Å². The molecule has 0 aliphatic rings. The molecule has 0 aliphatic heterocycles. The van der Waals surface area contributed by atoms with Crippen molar-refractivity contribution < 1.29 is 14.3 Å². The largest absolute Gasteiger partial charge is 0.461 e. The van der Waals surface area contributed by atoms with Crippen molar-refractivity contribution in [2.45, 2.75) is 59.5 Å². The first kappa shape index (κ1) is 18.7. The van der Waals surface area contributed by atoms with Gasteiger partial charge < -0.3 is 9.47 Å². The molecule has 2 atom stereocenters. The van der Waals surface area contributed by atoms with E-state index in [1.54, 1.807) is 6.92 Å². The molecule has 0 heterocycles. The van der Waals surface area contributed by atoms with Gasteiger partial charge in [0, 0.05) is 6.61 Å². The van der Waals surface area contributed by atoms with Gasteiger partial charge in [-0.15, -0.1) is 0 Å². The summed E-state index contributed by atoms with van der Waals surface area (Å²) in [5.41, 5.74) is 0.0243. The van der Waals surface area contributed by atoms with Crippen molar-refractivity contribution >= 4 is 5.97 Å². The van der Waals surface area contributed by atoms with Crippen LogP contribution in [0.2, 0.25) is 0 Å². The predicted molar refractivity (Wildman–Crippen MR) is 79.0 cm³/mol.